The first kappa shape index (κ1) is 25.2. The van der Waals surface area contributed by atoms with Gasteiger partial charge in [-0.3, -0.25) is 14.4 Å². The maximum atomic E-state index is 13.8. The van der Waals surface area contributed by atoms with Gasteiger partial charge in [0.1, 0.15) is 6.04 Å². The molecule has 1 unspecified atom stereocenters. The lowest BCUT2D eigenvalue weighted by Gasteiger charge is -2.33. The molecule has 2 fully saturated rings. The van der Waals surface area contributed by atoms with Crippen LogP contribution in [0.25, 0.3) is 0 Å². The van der Waals surface area contributed by atoms with E-state index >= 15 is 0 Å². The van der Waals surface area contributed by atoms with E-state index in [0.29, 0.717) is 28.3 Å². The molecule has 1 aliphatic heterocycles. The van der Waals surface area contributed by atoms with Crippen molar-refractivity contribution >= 4 is 29.4 Å². The molecule has 9 nitrogen and oxygen atoms in total. The van der Waals surface area contributed by atoms with Crippen molar-refractivity contribution in [2.75, 3.05) is 25.7 Å². The highest BCUT2D eigenvalue weighted by Gasteiger charge is 2.47. The summed E-state index contributed by atoms with van der Waals surface area (Å²) in [5, 5.41) is 0. The Morgan fingerprint density at radius 3 is 2.19 bits per heavy atom. The highest BCUT2D eigenvalue weighted by Crippen LogP contribution is 2.34. The predicted molar refractivity (Wildman–Crippen MR) is 131 cm³/mol. The van der Waals surface area contributed by atoms with E-state index in [2.05, 4.69) is 0 Å². The van der Waals surface area contributed by atoms with Crippen LogP contribution in [0.3, 0.4) is 0 Å². The molecule has 190 valence electrons. The molecule has 0 radical (unpaired) electrons. The topological polar surface area (TPSA) is 102 Å². The van der Waals surface area contributed by atoms with Gasteiger partial charge in [0.15, 0.2) is 11.5 Å². The number of hydrogen-bond acceptors (Lipinski definition) is 7. The molecule has 1 heterocycles. The second-order valence-corrected chi connectivity index (χ2v) is 8.78. The number of rotatable bonds is 8. The number of anilines is 1. The molecule has 1 atom stereocenters. The predicted octanol–water partition coefficient (Wildman–Crippen LogP) is 3.60. The third-order valence-electron chi connectivity index (χ3n) is 6.68. The number of nitrogens with zero attached hydrogens (tertiary/aromatic N) is 2. The van der Waals surface area contributed by atoms with Crippen LogP contribution in [-0.2, 0) is 14.3 Å². The second kappa shape index (κ2) is 10.8. The Labute approximate surface area is 209 Å². The maximum Gasteiger partial charge on any atom is 0.338 e. The van der Waals surface area contributed by atoms with E-state index in [9.17, 15) is 19.2 Å². The number of benzene rings is 2. The van der Waals surface area contributed by atoms with Crippen LogP contribution in [0.15, 0.2) is 42.5 Å². The summed E-state index contributed by atoms with van der Waals surface area (Å²) >= 11 is 0. The van der Waals surface area contributed by atoms with Crippen molar-refractivity contribution in [2.45, 2.75) is 51.1 Å². The molecule has 1 saturated carbocycles. The van der Waals surface area contributed by atoms with Gasteiger partial charge in [-0.1, -0.05) is 12.8 Å². The van der Waals surface area contributed by atoms with Crippen LogP contribution in [0.4, 0.5) is 5.69 Å². The first-order valence-electron chi connectivity index (χ1n) is 12.1. The van der Waals surface area contributed by atoms with E-state index in [1.807, 2.05) is 0 Å². The lowest BCUT2D eigenvalue weighted by Crippen LogP contribution is -2.50. The third-order valence-corrected chi connectivity index (χ3v) is 6.68. The minimum Gasteiger partial charge on any atom is -0.493 e. The van der Waals surface area contributed by atoms with Crippen molar-refractivity contribution in [1.82, 2.24) is 4.90 Å². The molecule has 3 amide bonds. The molecule has 2 aromatic rings. The fourth-order valence-corrected chi connectivity index (χ4v) is 4.93. The first-order chi connectivity index (χ1) is 17.4. The Morgan fingerprint density at radius 2 is 1.58 bits per heavy atom. The van der Waals surface area contributed by atoms with Crippen LogP contribution in [0.5, 0.6) is 11.5 Å². The Bertz CT molecular complexity index is 1160. The summed E-state index contributed by atoms with van der Waals surface area (Å²) in [7, 11) is 3.01. The number of methoxy groups -OCH3 is 2. The largest absolute Gasteiger partial charge is 0.493 e. The summed E-state index contributed by atoms with van der Waals surface area (Å²) < 4.78 is 15.6. The fourth-order valence-electron chi connectivity index (χ4n) is 4.93. The molecule has 2 aromatic carbocycles. The van der Waals surface area contributed by atoms with Gasteiger partial charge in [-0.15, -0.1) is 0 Å². The monoisotopic (exact) mass is 494 g/mol. The fraction of sp³-hybridized carbons (Fsp3) is 0.407. The standard InChI is InChI=1S/C27H30N2O7/c1-4-36-27(33)17-9-12-20(13-10-17)29-24(30)16-21(26(29)32)28(19-7-5-6-8-19)25(31)18-11-14-22(34-2)23(15-18)35-3/h9-15,19,21H,4-8,16H2,1-3H3. The Balaban J connectivity index is 1.63. The zero-order chi connectivity index (χ0) is 25.8. The molecule has 0 aromatic heterocycles. The number of esters is 1. The summed E-state index contributed by atoms with van der Waals surface area (Å²) in [4.78, 5) is 55.0. The quantitative estimate of drug-likeness (QED) is 0.408. The molecular formula is C27H30N2O7. The van der Waals surface area contributed by atoms with Gasteiger partial charge in [-0.05, 0) is 62.2 Å². The van der Waals surface area contributed by atoms with Crippen LogP contribution in [0.2, 0.25) is 0 Å². The number of carbonyl (C=O) groups is 4. The van der Waals surface area contributed by atoms with E-state index in [-0.39, 0.29) is 25.0 Å². The van der Waals surface area contributed by atoms with Crippen molar-refractivity contribution in [2.24, 2.45) is 0 Å². The van der Waals surface area contributed by atoms with E-state index in [1.54, 1.807) is 42.2 Å². The molecule has 1 saturated heterocycles. The molecule has 4 rings (SSSR count). The number of hydrogen-bond donors (Lipinski definition) is 0. The average Bonchev–Trinajstić information content (AvgIpc) is 3.52. The number of ether oxygens (including phenoxy) is 3. The minimum atomic E-state index is -0.911. The Morgan fingerprint density at radius 1 is 0.944 bits per heavy atom. The van der Waals surface area contributed by atoms with Gasteiger partial charge >= 0.3 is 5.97 Å². The van der Waals surface area contributed by atoms with Crippen molar-refractivity contribution < 1.29 is 33.4 Å². The highest BCUT2D eigenvalue weighted by atomic mass is 16.5. The SMILES string of the molecule is CCOC(=O)c1ccc(N2C(=O)CC(N(C(=O)c3ccc(OC)c(OC)c3)C3CCCC3)C2=O)cc1. The third kappa shape index (κ3) is 4.78. The minimum absolute atomic E-state index is 0.103. The van der Waals surface area contributed by atoms with Crippen molar-refractivity contribution in [3.05, 3.63) is 53.6 Å². The number of imide groups is 1. The average molecular weight is 495 g/mol. The Kier molecular flexibility index (Phi) is 7.57. The molecule has 0 bridgehead atoms. The van der Waals surface area contributed by atoms with Crippen LogP contribution in [-0.4, -0.2) is 61.5 Å². The maximum absolute atomic E-state index is 13.8. The van der Waals surface area contributed by atoms with Gasteiger partial charge in [0.05, 0.1) is 38.5 Å². The normalized spacial score (nSPS) is 17.9. The summed E-state index contributed by atoms with van der Waals surface area (Å²) in [6.45, 7) is 1.96. The lowest BCUT2D eigenvalue weighted by atomic mass is 10.1. The molecule has 9 heteroatoms. The van der Waals surface area contributed by atoms with Crippen LogP contribution in [0, 0.1) is 0 Å². The molecule has 0 spiro atoms. The van der Waals surface area contributed by atoms with E-state index in [0.717, 1.165) is 30.6 Å². The number of carbonyl (C=O) groups excluding carboxylic acids is 4. The highest BCUT2D eigenvalue weighted by molar-refractivity contribution is 6.23. The Hall–Kier alpha value is -3.88. The molecule has 0 N–H and O–H groups in total. The summed E-state index contributed by atoms with van der Waals surface area (Å²) in [5.41, 5.74) is 1.04. The van der Waals surface area contributed by atoms with E-state index in [1.165, 1.54) is 26.4 Å². The van der Waals surface area contributed by atoms with Gasteiger partial charge in [-0.2, -0.15) is 0 Å². The lowest BCUT2D eigenvalue weighted by molar-refractivity contribution is -0.123. The van der Waals surface area contributed by atoms with Crippen molar-refractivity contribution in [3.63, 3.8) is 0 Å². The van der Waals surface area contributed by atoms with Crippen LogP contribution >= 0.6 is 0 Å². The molecule has 1 aliphatic carbocycles. The van der Waals surface area contributed by atoms with Crippen LogP contribution in [0.1, 0.15) is 59.7 Å². The summed E-state index contributed by atoms with van der Waals surface area (Å²) in [6.07, 6.45) is 3.34. The molecule has 2 aliphatic rings. The smallest absolute Gasteiger partial charge is 0.338 e. The van der Waals surface area contributed by atoms with Gasteiger partial charge in [0, 0.05) is 11.6 Å². The van der Waals surface area contributed by atoms with Gasteiger partial charge in [0.2, 0.25) is 5.91 Å². The summed E-state index contributed by atoms with van der Waals surface area (Å²) in [6, 6.07) is 9.95. The van der Waals surface area contributed by atoms with E-state index in [4.69, 9.17) is 14.2 Å². The van der Waals surface area contributed by atoms with Crippen molar-refractivity contribution in [1.29, 1.82) is 0 Å². The zero-order valence-electron chi connectivity index (χ0n) is 20.7. The van der Waals surface area contributed by atoms with Gasteiger partial charge in [0.25, 0.3) is 11.8 Å². The zero-order valence-corrected chi connectivity index (χ0v) is 20.7. The summed E-state index contributed by atoms with van der Waals surface area (Å²) in [5.74, 6) is -0.748. The van der Waals surface area contributed by atoms with E-state index < -0.39 is 23.8 Å². The van der Waals surface area contributed by atoms with Crippen molar-refractivity contribution in [3.8, 4) is 11.5 Å². The molecular weight excluding hydrogens is 464 g/mol. The second-order valence-electron chi connectivity index (χ2n) is 8.78. The number of amides is 3. The van der Waals surface area contributed by atoms with Crippen LogP contribution < -0.4 is 14.4 Å². The first-order valence-corrected chi connectivity index (χ1v) is 12.1. The van der Waals surface area contributed by atoms with Gasteiger partial charge < -0.3 is 19.1 Å². The van der Waals surface area contributed by atoms with Gasteiger partial charge in [-0.25, -0.2) is 9.69 Å². The molecule has 36 heavy (non-hydrogen) atoms.